The second kappa shape index (κ2) is 5.37. The van der Waals surface area contributed by atoms with Gasteiger partial charge in [-0.15, -0.1) is 0 Å². The van der Waals surface area contributed by atoms with Crippen LogP contribution in [-0.4, -0.2) is 9.97 Å². The molecule has 1 aromatic heterocycles. The Balaban J connectivity index is 2.58. The van der Waals surface area contributed by atoms with Crippen molar-refractivity contribution in [3.05, 3.63) is 44.6 Å². The predicted octanol–water partition coefficient (Wildman–Crippen LogP) is 4.74. The Morgan fingerprint density at radius 3 is 2.50 bits per heavy atom. The summed E-state index contributed by atoms with van der Waals surface area (Å²) in [5.41, 5.74) is 4.12. The highest BCUT2D eigenvalue weighted by Crippen LogP contribution is 2.26. The number of hydrogen-bond acceptors (Lipinski definition) is 2. The second-order valence-corrected chi connectivity index (χ2v) is 5.49. The molecule has 1 aromatic carbocycles. The standard InChI is InChI=1S/C14H14BrClN2/c1-4-11-9(3)17-14(18-13(11)16)12-6-5-10(15)7-8(12)2/h5-7H,4H2,1-3H3. The molecule has 0 amide bonds. The number of hydrogen-bond donors (Lipinski definition) is 0. The predicted molar refractivity (Wildman–Crippen MR) is 79.0 cm³/mol. The number of halogens is 2. The lowest BCUT2D eigenvalue weighted by molar-refractivity contribution is 1.00. The molecular weight excluding hydrogens is 312 g/mol. The number of benzene rings is 1. The highest BCUT2D eigenvalue weighted by molar-refractivity contribution is 9.10. The van der Waals surface area contributed by atoms with Crippen molar-refractivity contribution in [1.82, 2.24) is 9.97 Å². The molecule has 0 saturated heterocycles. The molecule has 0 aliphatic heterocycles. The third kappa shape index (κ3) is 2.57. The van der Waals surface area contributed by atoms with E-state index < -0.39 is 0 Å². The Hall–Kier alpha value is -0.930. The summed E-state index contributed by atoms with van der Waals surface area (Å²) in [5, 5.41) is 0.558. The van der Waals surface area contributed by atoms with E-state index in [1.54, 1.807) is 0 Å². The average molecular weight is 326 g/mol. The summed E-state index contributed by atoms with van der Waals surface area (Å²) in [6.45, 7) is 6.08. The molecule has 0 atom stereocenters. The maximum Gasteiger partial charge on any atom is 0.161 e. The summed E-state index contributed by atoms with van der Waals surface area (Å²) in [4.78, 5) is 8.96. The van der Waals surface area contributed by atoms with Gasteiger partial charge in [0.2, 0.25) is 0 Å². The monoisotopic (exact) mass is 324 g/mol. The van der Waals surface area contributed by atoms with E-state index in [-0.39, 0.29) is 0 Å². The van der Waals surface area contributed by atoms with Crippen LogP contribution in [0.1, 0.15) is 23.7 Å². The zero-order chi connectivity index (χ0) is 13.3. The summed E-state index contributed by atoms with van der Waals surface area (Å²) >= 11 is 9.66. The number of rotatable bonds is 2. The molecule has 4 heteroatoms. The van der Waals surface area contributed by atoms with E-state index in [9.17, 15) is 0 Å². The molecule has 0 bridgehead atoms. The van der Waals surface area contributed by atoms with Gasteiger partial charge >= 0.3 is 0 Å². The van der Waals surface area contributed by atoms with Crippen LogP contribution in [-0.2, 0) is 6.42 Å². The molecule has 0 aliphatic carbocycles. The van der Waals surface area contributed by atoms with Crippen molar-refractivity contribution in [2.75, 3.05) is 0 Å². The average Bonchev–Trinajstić information content (AvgIpc) is 2.28. The van der Waals surface area contributed by atoms with Crippen molar-refractivity contribution in [3.63, 3.8) is 0 Å². The molecule has 18 heavy (non-hydrogen) atoms. The van der Waals surface area contributed by atoms with Crippen LogP contribution in [0.3, 0.4) is 0 Å². The number of nitrogens with zero attached hydrogens (tertiary/aromatic N) is 2. The normalized spacial score (nSPS) is 10.7. The van der Waals surface area contributed by atoms with Gasteiger partial charge in [0.05, 0.1) is 0 Å². The number of aromatic nitrogens is 2. The van der Waals surface area contributed by atoms with Crippen LogP contribution < -0.4 is 0 Å². The summed E-state index contributed by atoms with van der Waals surface area (Å²) in [6, 6.07) is 6.05. The van der Waals surface area contributed by atoms with Gasteiger partial charge in [0.1, 0.15) is 5.15 Å². The van der Waals surface area contributed by atoms with Gasteiger partial charge in [-0.25, -0.2) is 9.97 Å². The molecule has 2 rings (SSSR count). The van der Waals surface area contributed by atoms with E-state index in [0.717, 1.165) is 33.3 Å². The molecule has 0 unspecified atom stereocenters. The number of aryl methyl sites for hydroxylation is 2. The molecule has 2 nitrogen and oxygen atoms in total. The van der Waals surface area contributed by atoms with E-state index in [4.69, 9.17) is 11.6 Å². The first kappa shape index (κ1) is 13.5. The van der Waals surface area contributed by atoms with Crippen LogP contribution in [0, 0.1) is 13.8 Å². The van der Waals surface area contributed by atoms with E-state index in [0.29, 0.717) is 11.0 Å². The van der Waals surface area contributed by atoms with Gasteiger partial charge in [-0.05, 0) is 44.0 Å². The van der Waals surface area contributed by atoms with Crippen LogP contribution in [0.2, 0.25) is 5.15 Å². The zero-order valence-corrected chi connectivity index (χ0v) is 12.9. The Kier molecular flexibility index (Phi) is 4.03. The molecule has 94 valence electrons. The minimum atomic E-state index is 0.558. The fourth-order valence-corrected chi connectivity index (χ4v) is 2.79. The molecule has 0 fully saturated rings. The first-order valence-corrected chi connectivity index (χ1v) is 6.99. The fourth-order valence-electron chi connectivity index (χ4n) is 1.96. The van der Waals surface area contributed by atoms with Crippen molar-refractivity contribution >= 4 is 27.5 Å². The lowest BCUT2D eigenvalue weighted by atomic mass is 10.1. The Bertz CT molecular complexity index is 573. The molecule has 1 heterocycles. The van der Waals surface area contributed by atoms with Gasteiger partial charge in [0.15, 0.2) is 5.82 Å². The van der Waals surface area contributed by atoms with Crippen LogP contribution in [0.25, 0.3) is 11.4 Å². The third-order valence-electron chi connectivity index (χ3n) is 2.95. The SMILES string of the molecule is CCc1c(C)nc(-c2ccc(Br)cc2C)nc1Cl. The maximum atomic E-state index is 6.21. The van der Waals surface area contributed by atoms with E-state index in [1.165, 1.54) is 0 Å². The van der Waals surface area contributed by atoms with Crippen LogP contribution in [0.5, 0.6) is 0 Å². The smallest absolute Gasteiger partial charge is 0.161 e. The highest BCUT2D eigenvalue weighted by Gasteiger charge is 2.11. The molecule has 0 radical (unpaired) electrons. The van der Waals surface area contributed by atoms with Gasteiger partial charge < -0.3 is 0 Å². The van der Waals surface area contributed by atoms with Crippen molar-refractivity contribution in [1.29, 1.82) is 0 Å². The molecule has 0 spiro atoms. The molecule has 0 N–H and O–H groups in total. The molecule has 2 aromatic rings. The van der Waals surface area contributed by atoms with Gasteiger partial charge in [-0.3, -0.25) is 0 Å². The largest absolute Gasteiger partial charge is 0.233 e. The lowest BCUT2D eigenvalue weighted by Gasteiger charge is -2.09. The first-order valence-electron chi connectivity index (χ1n) is 5.82. The summed E-state index contributed by atoms with van der Waals surface area (Å²) in [7, 11) is 0. The summed E-state index contributed by atoms with van der Waals surface area (Å²) in [5.74, 6) is 0.694. The van der Waals surface area contributed by atoms with Crippen LogP contribution in [0.15, 0.2) is 22.7 Å². The van der Waals surface area contributed by atoms with Gasteiger partial charge in [0, 0.05) is 21.3 Å². The zero-order valence-electron chi connectivity index (χ0n) is 10.6. The topological polar surface area (TPSA) is 25.8 Å². The van der Waals surface area contributed by atoms with Gasteiger partial charge in [0.25, 0.3) is 0 Å². The Morgan fingerprint density at radius 1 is 1.22 bits per heavy atom. The van der Waals surface area contributed by atoms with E-state index >= 15 is 0 Å². The summed E-state index contributed by atoms with van der Waals surface area (Å²) < 4.78 is 1.05. The van der Waals surface area contributed by atoms with Crippen molar-refractivity contribution in [2.45, 2.75) is 27.2 Å². The fraction of sp³-hybridized carbons (Fsp3) is 0.286. The highest BCUT2D eigenvalue weighted by atomic mass is 79.9. The summed E-state index contributed by atoms with van der Waals surface area (Å²) in [6.07, 6.45) is 0.851. The first-order chi connectivity index (χ1) is 8.52. The van der Waals surface area contributed by atoms with Gasteiger partial charge in [-0.2, -0.15) is 0 Å². The Labute approximate surface area is 121 Å². The lowest BCUT2D eigenvalue weighted by Crippen LogP contribution is -2.00. The second-order valence-electron chi connectivity index (χ2n) is 4.21. The quantitative estimate of drug-likeness (QED) is 0.745. The maximum absolute atomic E-state index is 6.21. The minimum Gasteiger partial charge on any atom is -0.233 e. The van der Waals surface area contributed by atoms with Crippen molar-refractivity contribution < 1.29 is 0 Å². The molecule has 0 saturated carbocycles. The molecule has 0 aliphatic rings. The van der Waals surface area contributed by atoms with E-state index in [1.807, 2.05) is 26.0 Å². The van der Waals surface area contributed by atoms with Crippen LogP contribution in [0.4, 0.5) is 0 Å². The Morgan fingerprint density at radius 2 is 1.94 bits per heavy atom. The molecular formula is C14H14BrClN2. The van der Waals surface area contributed by atoms with E-state index in [2.05, 4.69) is 38.9 Å². The van der Waals surface area contributed by atoms with Crippen LogP contribution >= 0.6 is 27.5 Å². The third-order valence-corrected chi connectivity index (χ3v) is 3.75. The van der Waals surface area contributed by atoms with Gasteiger partial charge in [-0.1, -0.05) is 34.5 Å². The van der Waals surface area contributed by atoms with Crippen molar-refractivity contribution in [2.24, 2.45) is 0 Å². The van der Waals surface area contributed by atoms with Crippen molar-refractivity contribution in [3.8, 4) is 11.4 Å². The minimum absolute atomic E-state index is 0.558.